The van der Waals surface area contributed by atoms with E-state index in [0.717, 1.165) is 0 Å². The third-order valence-electron chi connectivity index (χ3n) is 1.00. The minimum Gasteiger partial charge on any atom is -0.423 e. The first kappa shape index (κ1) is 7.68. The van der Waals surface area contributed by atoms with Crippen molar-refractivity contribution in [3.05, 3.63) is 11.2 Å². The Morgan fingerprint density at radius 1 is 1.70 bits per heavy atom. The first-order valence-electron chi connectivity index (χ1n) is 2.75. The minimum absolute atomic E-state index is 0.345. The van der Waals surface area contributed by atoms with E-state index in [2.05, 4.69) is 4.98 Å². The van der Waals surface area contributed by atoms with Gasteiger partial charge in [-0.25, -0.2) is 4.98 Å². The second kappa shape index (κ2) is 3.11. The largest absolute Gasteiger partial charge is 0.500 e. The van der Waals surface area contributed by atoms with Crippen molar-refractivity contribution in [2.45, 2.75) is 6.54 Å². The van der Waals surface area contributed by atoms with E-state index in [1.54, 1.807) is 0 Å². The van der Waals surface area contributed by atoms with E-state index in [0.29, 0.717) is 16.3 Å². The summed E-state index contributed by atoms with van der Waals surface area (Å²) in [7, 11) is -1.42. The van der Waals surface area contributed by atoms with Crippen LogP contribution >= 0.6 is 11.3 Å². The first-order valence-corrected chi connectivity index (χ1v) is 3.56. The fourth-order valence-electron chi connectivity index (χ4n) is 0.538. The number of hydrogen-bond acceptors (Lipinski definition) is 5. The van der Waals surface area contributed by atoms with Gasteiger partial charge in [0.25, 0.3) is 0 Å². The van der Waals surface area contributed by atoms with Crippen LogP contribution in [0.2, 0.25) is 0 Å². The Labute approximate surface area is 62.5 Å². The van der Waals surface area contributed by atoms with Gasteiger partial charge in [-0.15, -0.1) is 11.3 Å². The van der Waals surface area contributed by atoms with Crippen LogP contribution in [-0.2, 0) is 6.54 Å². The van der Waals surface area contributed by atoms with Crippen molar-refractivity contribution in [2.24, 2.45) is 5.73 Å². The lowest BCUT2D eigenvalue weighted by Gasteiger charge is -1.87. The van der Waals surface area contributed by atoms with Crippen LogP contribution in [0.5, 0.6) is 0 Å². The Balaban J connectivity index is 2.78. The zero-order valence-electron chi connectivity index (χ0n) is 5.19. The molecule has 0 spiro atoms. The average molecular weight is 158 g/mol. The topological polar surface area (TPSA) is 79.4 Å². The molecule has 0 aliphatic rings. The van der Waals surface area contributed by atoms with Gasteiger partial charge in [0.15, 0.2) is 0 Å². The van der Waals surface area contributed by atoms with E-state index >= 15 is 0 Å². The van der Waals surface area contributed by atoms with E-state index in [1.807, 2.05) is 0 Å². The Bertz CT molecular complexity index is 215. The summed E-state index contributed by atoms with van der Waals surface area (Å²) >= 11 is 1.20. The molecule has 1 aromatic rings. The molecule has 0 aliphatic carbocycles. The van der Waals surface area contributed by atoms with Crippen LogP contribution in [0.25, 0.3) is 0 Å². The van der Waals surface area contributed by atoms with E-state index in [9.17, 15) is 0 Å². The molecule has 0 fully saturated rings. The van der Waals surface area contributed by atoms with E-state index < -0.39 is 7.12 Å². The highest BCUT2D eigenvalue weighted by Crippen LogP contribution is 1.99. The minimum atomic E-state index is -1.42. The molecule has 0 aromatic carbocycles. The van der Waals surface area contributed by atoms with Crippen LogP contribution in [0.3, 0.4) is 0 Å². The van der Waals surface area contributed by atoms with Gasteiger partial charge >= 0.3 is 7.12 Å². The maximum absolute atomic E-state index is 8.62. The van der Waals surface area contributed by atoms with Crippen molar-refractivity contribution in [1.29, 1.82) is 0 Å². The van der Waals surface area contributed by atoms with E-state index in [1.165, 1.54) is 17.5 Å². The molecule has 6 heteroatoms. The molecule has 0 radical (unpaired) electrons. The van der Waals surface area contributed by atoms with Gasteiger partial charge in [0.2, 0.25) is 0 Å². The highest BCUT2D eigenvalue weighted by molar-refractivity contribution is 7.21. The molecule has 10 heavy (non-hydrogen) atoms. The van der Waals surface area contributed by atoms with Crippen LogP contribution in [0.1, 0.15) is 5.01 Å². The van der Waals surface area contributed by atoms with Crippen molar-refractivity contribution < 1.29 is 10.0 Å². The number of aromatic nitrogens is 1. The summed E-state index contributed by atoms with van der Waals surface area (Å²) in [6.07, 6.45) is 1.41. The van der Waals surface area contributed by atoms with Gasteiger partial charge in [0.1, 0.15) is 5.01 Å². The lowest BCUT2D eigenvalue weighted by molar-refractivity contribution is 0.427. The quantitative estimate of drug-likeness (QED) is 0.447. The number of nitrogens with zero attached hydrogens (tertiary/aromatic N) is 1. The number of rotatable bonds is 2. The third kappa shape index (κ3) is 1.54. The van der Waals surface area contributed by atoms with Gasteiger partial charge in [0.05, 0.1) is 4.78 Å². The number of hydrogen-bond donors (Lipinski definition) is 3. The molecule has 1 aromatic heterocycles. The zero-order valence-corrected chi connectivity index (χ0v) is 6.01. The third-order valence-corrected chi connectivity index (χ3v) is 2.06. The monoisotopic (exact) mass is 158 g/mol. The Kier molecular flexibility index (Phi) is 2.39. The molecule has 0 amide bonds. The van der Waals surface area contributed by atoms with Gasteiger partial charge in [0, 0.05) is 12.7 Å². The molecule has 1 rings (SSSR count). The molecule has 4 nitrogen and oxygen atoms in total. The molecule has 0 unspecified atom stereocenters. The predicted octanol–water partition coefficient (Wildman–Crippen LogP) is -1.72. The average Bonchev–Trinajstić information content (AvgIpc) is 2.34. The molecule has 0 atom stereocenters. The van der Waals surface area contributed by atoms with Crippen LogP contribution in [-0.4, -0.2) is 22.2 Å². The summed E-state index contributed by atoms with van der Waals surface area (Å²) in [4.78, 5) is 3.83. The molecule has 0 saturated heterocycles. The first-order chi connectivity index (χ1) is 4.74. The fraction of sp³-hybridized carbons (Fsp3) is 0.250. The predicted molar refractivity (Wildman–Crippen MR) is 39.8 cm³/mol. The lowest BCUT2D eigenvalue weighted by atomic mass is 9.91. The molecule has 4 N–H and O–H groups in total. The second-order valence-electron chi connectivity index (χ2n) is 1.73. The van der Waals surface area contributed by atoms with Gasteiger partial charge < -0.3 is 15.8 Å². The highest BCUT2D eigenvalue weighted by atomic mass is 32.1. The molecule has 0 aliphatic heterocycles. The summed E-state index contributed by atoms with van der Waals surface area (Å²) < 4.78 is 0.431. The fourth-order valence-corrected chi connectivity index (χ4v) is 1.21. The summed E-state index contributed by atoms with van der Waals surface area (Å²) in [5, 5.41) is 17.9. The van der Waals surface area contributed by atoms with E-state index in [4.69, 9.17) is 15.8 Å². The molecule has 54 valence electrons. The van der Waals surface area contributed by atoms with Crippen LogP contribution < -0.4 is 10.5 Å². The van der Waals surface area contributed by atoms with Crippen LogP contribution in [0.4, 0.5) is 0 Å². The normalized spacial score (nSPS) is 9.90. The smallest absolute Gasteiger partial charge is 0.423 e. The summed E-state index contributed by atoms with van der Waals surface area (Å²) in [5.41, 5.74) is 5.25. The molecular formula is C4H7BN2O2S. The van der Waals surface area contributed by atoms with Crippen molar-refractivity contribution in [3.63, 3.8) is 0 Å². The Morgan fingerprint density at radius 3 is 2.70 bits per heavy atom. The molecular weight excluding hydrogens is 151 g/mol. The summed E-state index contributed by atoms with van der Waals surface area (Å²) in [5.74, 6) is 0. The van der Waals surface area contributed by atoms with Gasteiger partial charge in [-0.2, -0.15) is 0 Å². The zero-order chi connectivity index (χ0) is 7.56. The summed E-state index contributed by atoms with van der Waals surface area (Å²) in [6, 6.07) is 0. The van der Waals surface area contributed by atoms with Crippen molar-refractivity contribution in [1.82, 2.24) is 4.98 Å². The maximum atomic E-state index is 8.62. The molecule has 0 bridgehead atoms. The van der Waals surface area contributed by atoms with Gasteiger partial charge in [-0.3, -0.25) is 0 Å². The van der Waals surface area contributed by atoms with E-state index in [-0.39, 0.29) is 0 Å². The van der Waals surface area contributed by atoms with Crippen molar-refractivity contribution >= 4 is 23.2 Å². The van der Waals surface area contributed by atoms with Gasteiger partial charge in [-0.1, -0.05) is 0 Å². The van der Waals surface area contributed by atoms with Gasteiger partial charge in [-0.05, 0) is 0 Å². The lowest BCUT2D eigenvalue weighted by Crippen LogP contribution is -2.26. The van der Waals surface area contributed by atoms with Crippen molar-refractivity contribution in [3.8, 4) is 0 Å². The molecule has 1 heterocycles. The molecule has 0 saturated carbocycles. The van der Waals surface area contributed by atoms with Crippen LogP contribution in [0.15, 0.2) is 6.20 Å². The Hall–Kier alpha value is -0.425. The van der Waals surface area contributed by atoms with Crippen molar-refractivity contribution in [2.75, 3.05) is 0 Å². The second-order valence-corrected chi connectivity index (χ2v) is 2.88. The highest BCUT2D eigenvalue weighted by Gasteiger charge is 2.13. The summed E-state index contributed by atoms with van der Waals surface area (Å²) in [6.45, 7) is 0.345. The number of thiazole rings is 1. The SMILES string of the molecule is NCc1ncc(B(O)O)s1. The Morgan fingerprint density at radius 2 is 2.40 bits per heavy atom. The maximum Gasteiger partial charge on any atom is 0.500 e. The number of nitrogens with two attached hydrogens (primary N) is 1. The van der Waals surface area contributed by atoms with Crippen LogP contribution in [0, 0.1) is 0 Å². The standard InChI is InChI=1S/C4H7BN2O2S/c6-1-4-7-2-3(10-4)5(8)9/h2,8-9H,1,6H2.